The van der Waals surface area contributed by atoms with Crippen LogP contribution in [0.15, 0.2) is 53.6 Å². The molecule has 8 heteroatoms. The molecule has 0 aliphatic carbocycles. The maximum Gasteiger partial charge on any atom is 0.333 e. The quantitative estimate of drug-likeness (QED) is 0.537. The number of carbonyl (C=O) groups is 3. The minimum Gasteiger partial charge on any atom is -0.495 e. The number of rotatable bonds is 5. The van der Waals surface area contributed by atoms with Gasteiger partial charge < -0.3 is 9.47 Å². The zero-order chi connectivity index (χ0) is 21.7. The molecule has 0 bridgehead atoms. The molecular formula is C21H19ClFNO5. The van der Waals surface area contributed by atoms with Crippen molar-refractivity contribution in [2.75, 3.05) is 19.1 Å². The highest BCUT2D eigenvalue weighted by molar-refractivity contribution is 6.32. The van der Waals surface area contributed by atoms with Gasteiger partial charge in [-0.15, -0.1) is 0 Å². The van der Waals surface area contributed by atoms with Gasteiger partial charge in [0.25, 0.3) is 11.8 Å². The van der Waals surface area contributed by atoms with Crippen molar-refractivity contribution in [3.63, 3.8) is 0 Å². The van der Waals surface area contributed by atoms with Gasteiger partial charge in [0.15, 0.2) is 0 Å². The van der Waals surface area contributed by atoms with Crippen LogP contribution in [-0.2, 0) is 14.3 Å². The van der Waals surface area contributed by atoms with Crippen LogP contribution in [0.2, 0.25) is 5.02 Å². The fourth-order valence-electron chi connectivity index (χ4n) is 2.50. The largest absolute Gasteiger partial charge is 0.495 e. The summed E-state index contributed by atoms with van der Waals surface area (Å²) in [7, 11) is 2.49. The first-order valence-electron chi connectivity index (χ1n) is 8.45. The summed E-state index contributed by atoms with van der Waals surface area (Å²) in [6, 6.07) is 9.98. The van der Waals surface area contributed by atoms with Gasteiger partial charge in [-0.25, -0.2) is 14.1 Å². The summed E-state index contributed by atoms with van der Waals surface area (Å²) < 4.78 is 24.5. The zero-order valence-electron chi connectivity index (χ0n) is 16.3. The molecule has 0 aromatic heterocycles. The number of hydrogen-bond acceptors (Lipinski definition) is 5. The number of carbonyl (C=O) groups excluding carboxylic acids is 3. The predicted molar refractivity (Wildman–Crippen MR) is 107 cm³/mol. The Bertz CT molecular complexity index is 988. The molecule has 2 rings (SSSR count). The van der Waals surface area contributed by atoms with Crippen molar-refractivity contribution >= 4 is 35.1 Å². The van der Waals surface area contributed by atoms with E-state index < -0.39 is 23.6 Å². The number of methoxy groups -OCH3 is 2. The van der Waals surface area contributed by atoms with Gasteiger partial charge in [-0.1, -0.05) is 29.8 Å². The highest BCUT2D eigenvalue weighted by atomic mass is 35.5. The fourth-order valence-corrected chi connectivity index (χ4v) is 2.73. The molecule has 6 nitrogen and oxygen atoms in total. The van der Waals surface area contributed by atoms with Crippen molar-refractivity contribution in [2.24, 2.45) is 0 Å². The van der Waals surface area contributed by atoms with Crippen molar-refractivity contribution < 1.29 is 28.2 Å². The summed E-state index contributed by atoms with van der Waals surface area (Å²) >= 11 is 5.93. The molecule has 0 fully saturated rings. The highest BCUT2D eigenvalue weighted by Crippen LogP contribution is 2.34. The number of hydrogen-bond donors (Lipinski definition) is 0. The van der Waals surface area contributed by atoms with E-state index in [1.165, 1.54) is 40.2 Å². The summed E-state index contributed by atoms with van der Waals surface area (Å²) in [6.45, 7) is 2.73. The van der Waals surface area contributed by atoms with E-state index in [1.807, 2.05) is 0 Å². The number of amides is 2. The van der Waals surface area contributed by atoms with Crippen LogP contribution < -0.4 is 9.64 Å². The van der Waals surface area contributed by atoms with Crippen molar-refractivity contribution in [2.45, 2.75) is 13.8 Å². The lowest BCUT2D eigenvalue weighted by Gasteiger charge is -2.23. The van der Waals surface area contributed by atoms with Crippen molar-refractivity contribution in [1.29, 1.82) is 0 Å². The van der Waals surface area contributed by atoms with E-state index >= 15 is 0 Å². The van der Waals surface area contributed by atoms with Gasteiger partial charge in [0.2, 0.25) is 0 Å². The molecule has 0 aliphatic heterocycles. The van der Waals surface area contributed by atoms with Crippen LogP contribution in [0.1, 0.15) is 24.2 Å². The first-order valence-corrected chi connectivity index (χ1v) is 8.83. The number of ether oxygens (including phenoxy) is 2. The first-order chi connectivity index (χ1) is 13.7. The van der Waals surface area contributed by atoms with Crippen LogP contribution >= 0.6 is 11.6 Å². The molecule has 2 aromatic rings. The van der Waals surface area contributed by atoms with Crippen molar-refractivity contribution in [3.8, 4) is 5.75 Å². The molecule has 2 aromatic carbocycles. The number of halogens is 2. The number of esters is 1. The molecule has 29 heavy (non-hydrogen) atoms. The summed E-state index contributed by atoms with van der Waals surface area (Å²) in [5.41, 5.74) is -0.293. The molecule has 0 saturated carbocycles. The summed E-state index contributed by atoms with van der Waals surface area (Å²) in [6.07, 6.45) is 0. The van der Waals surface area contributed by atoms with Crippen LogP contribution in [-0.4, -0.2) is 32.0 Å². The molecule has 0 radical (unpaired) electrons. The SMILES string of the molecule is COC(=O)/C(C)=C(/C)C(=O)N(C(=O)c1ccccc1)c1cc(OC)c(Cl)cc1F. The van der Waals surface area contributed by atoms with E-state index in [0.717, 1.165) is 12.1 Å². The third kappa shape index (κ3) is 4.63. The molecule has 0 atom stereocenters. The lowest BCUT2D eigenvalue weighted by atomic mass is 10.1. The van der Waals surface area contributed by atoms with E-state index in [2.05, 4.69) is 4.74 Å². The maximum absolute atomic E-state index is 14.7. The molecular weight excluding hydrogens is 401 g/mol. The predicted octanol–water partition coefficient (Wildman–Crippen LogP) is 4.17. The second-order valence-electron chi connectivity index (χ2n) is 5.99. The Labute approximate surface area is 172 Å². The minimum atomic E-state index is -0.906. The van der Waals surface area contributed by atoms with Gasteiger partial charge in [-0.2, -0.15) is 0 Å². The second-order valence-corrected chi connectivity index (χ2v) is 6.40. The Balaban J connectivity index is 2.69. The molecule has 0 N–H and O–H groups in total. The standard InChI is InChI=1S/C21H19ClFNO5/c1-12(13(2)21(27)29-4)19(25)24(20(26)14-8-6-5-7-9-14)17-11-18(28-3)15(22)10-16(17)23/h5-11H,1-4H3/b13-12-. The van der Waals surface area contributed by atoms with Crippen LogP contribution in [0.4, 0.5) is 10.1 Å². The van der Waals surface area contributed by atoms with Crippen LogP contribution in [0.3, 0.4) is 0 Å². The van der Waals surface area contributed by atoms with E-state index in [1.54, 1.807) is 18.2 Å². The fraction of sp³-hybridized carbons (Fsp3) is 0.190. The van der Waals surface area contributed by atoms with Crippen LogP contribution in [0.25, 0.3) is 0 Å². The Morgan fingerprint density at radius 3 is 2.17 bits per heavy atom. The molecule has 2 amide bonds. The number of anilines is 1. The summed E-state index contributed by atoms with van der Waals surface area (Å²) in [4.78, 5) is 38.7. The van der Waals surface area contributed by atoms with Gasteiger partial charge in [-0.3, -0.25) is 9.59 Å². The van der Waals surface area contributed by atoms with Gasteiger partial charge in [-0.05, 0) is 32.0 Å². The highest BCUT2D eigenvalue weighted by Gasteiger charge is 2.31. The number of benzene rings is 2. The van der Waals surface area contributed by atoms with Crippen molar-refractivity contribution in [3.05, 3.63) is 70.0 Å². The number of nitrogens with zero attached hydrogens (tertiary/aromatic N) is 1. The van der Waals surface area contributed by atoms with Gasteiger partial charge in [0.05, 0.1) is 24.9 Å². The van der Waals surface area contributed by atoms with Gasteiger partial charge >= 0.3 is 5.97 Å². The van der Waals surface area contributed by atoms with E-state index in [0.29, 0.717) is 4.90 Å². The topological polar surface area (TPSA) is 72.9 Å². The zero-order valence-corrected chi connectivity index (χ0v) is 17.0. The molecule has 0 aliphatic rings. The molecule has 0 unspecified atom stereocenters. The monoisotopic (exact) mass is 419 g/mol. The maximum atomic E-state index is 14.7. The third-order valence-electron chi connectivity index (χ3n) is 4.26. The normalized spacial score (nSPS) is 11.4. The third-order valence-corrected chi connectivity index (χ3v) is 4.56. The lowest BCUT2D eigenvalue weighted by Crippen LogP contribution is -2.39. The van der Waals surface area contributed by atoms with Gasteiger partial charge in [0.1, 0.15) is 11.6 Å². The lowest BCUT2D eigenvalue weighted by molar-refractivity contribution is -0.136. The van der Waals surface area contributed by atoms with E-state index in [9.17, 15) is 18.8 Å². The molecule has 152 valence electrons. The van der Waals surface area contributed by atoms with Crippen molar-refractivity contribution in [1.82, 2.24) is 0 Å². The van der Waals surface area contributed by atoms with Crippen LogP contribution in [0, 0.1) is 5.82 Å². The summed E-state index contributed by atoms with van der Waals surface area (Å²) in [5, 5.41) is -0.0219. The van der Waals surface area contributed by atoms with Crippen LogP contribution in [0.5, 0.6) is 5.75 Å². The first kappa shape index (κ1) is 22.1. The average Bonchev–Trinajstić information content (AvgIpc) is 2.73. The number of imide groups is 1. The smallest absolute Gasteiger partial charge is 0.333 e. The Kier molecular flexibility index (Phi) is 7.12. The van der Waals surface area contributed by atoms with Gasteiger partial charge in [0, 0.05) is 22.8 Å². The molecule has 0 saturated heterocycles. The molecule has 0 heterocycles. The molecule has 0 spiro atoms. The minimum absolute atomic E-state index is 0.00954. The summed E-state index contributed by atoms with van der Waals surface area (Å²) in [5.74, 6) is -3.23. The Morgan fingerprint density at radius 1 is 1.00 bits per heavy atom. The Hall–Kier alpha value is -3.19. The average molecular weight is 420 g/mol. The second kappa shape index (κ2) is 9.34. The van der Waals surface area contributed by atoms with E-state index in [4.69, 9.17) is 16.3 Å². The Morgan fingerprint density at radius 2 is 1.62 bits per heavy atom. The van der Waals surface area contributed by atoms with E-state index in [-0.39, 0.29) is 33.2 Å².